The van der Waals surface area contributed by atoms with E-state index < -0.39 is 23.1 Å². The van der Waals surface area contributed by atoms with Crippen molar-refractivity contribution in [1.82, 2.24) is 9.88 Å². The summed E-state index contributed by atoms with van der Waals surface area (Å²) in [5.41, 5.74) is 0.997. The number of benzene rings is 3. The summed E-state index contributed by atoms with van der Waals surface area (Å²) >= 11 is 7.27. The van der Waals surface area contributed by atoms with Gasteiger partial charge in [-0.05, 0) is 42.5 Å². The zero-order chi connectivity index (χ0) is 24.1. The number of nitrogens with one attached hydrogen (secondary N) is 2. The van der Waals surface area contributed by atoms with Crippen molar-refractivity contribution in [3.63, 3.8) is 0 Å². The van der Waals surface area contributed by atoms with Gasteiger partial charge >= 0.3 is 0 Å². The number of aromatic nitrogens is 1. The van der Waals surface area contributed by atoms with Crippen LogP contribution in [-0.4, -0.2) is 28.7 Å². The van der Waals surface area contributed by atoms with E-state index in [-0.39, 0.29) is 18.2 Å². The standard InChI is InChI=1S/C25H20ClF2N3O2S/c26-16-8-10-17(11-9-16)30-23(32)15-34-22-14-31(21-7-2-1-4-18(21)22)13-12-29-25(33)24-19(27)5-3-6-20(24)28/h1-11,14H,12-13,15H2,(H,29,33)(H,30,32). The van der Waals surface area contributed by atoms with Crippen LogP contribution < -0.4 is 10.6 Å². The Morgan fingerprint density at radius 2 is 1.65 bits per heavy atom. The third-order valence-corrected chi connectivity index (χ3v) is 6.36. The molecule has 9 heteroatoms. The normalized spacial score (nSPS) is 10.9. The van der Waals surface area contributed by atoms with Gasteiger partial charge in [-0.2, -0.15) is 0 Å². The average molecular weight is 500 g/mol. The number of para-hydroxylation sites is 1. The quantitative estimate of drug-likeness (QED) is 0.304. The Balaban J connectivity index is 1.40. The lowest BCUT2D eigenvalue weighted by molar-refractivity contribution is -0.113. The van der Waals surface area contributed by atoms with Gasteiger partial charge in [0.05, 0.1) is 5.75 Å². The average Bonchev–Trinajstić information content (AvgIpc) is 3.17. The van der Waals surface area contributed by atoms with Gasteiger partial charge in [0.25, 0.3) is 5.91 Å². The molecule has 0 aliphatic rings. The molecule has 4 rings (SSSR count). The molecule has 0 fully saturated rings. The first kappa shape index (κ1) is 23.8. The molecule has 0 atom stereocenters. The number of fused-ring (bicyclic) bond motifs is 1. The molecule has 0 aliphatic carbocycles. The maximum absolute atomic E-state index is 13.8. The molecular weight excluding hydrogens is 480 g/mol. The summed E-state index contributed by atoms with van der Waals surface area (Å²) in [7, 11) is 0. The van der Waals surface area contributed by atoms with Crippen LogP contribution in [0.15, 0.2) is 77.8 Å². The summed E-state index contributed by atoms with van der Waals surface area (Å²) < 4.78 is 29.6. The van der Waals surface area contributed by atoms with Crippen molar-refractivity contribution in [2.75, 3.05) is 17.6 Å². The maximum atomic E-state index is 13.8. The summed E-state index contributed by atoms with van der Waals surface area (Å²) in [6.07, 6.45) is 1.90. The van der Waals surface area contributed by atoms with Gasteiger partial charge in [-0.15, -0.1) is 11.8 Å². The van der Waals surface area contributed by atoms with Crippen molar-refractivity contribution in [3.05, 3.63) is 95.1 Å². The largest absolute Gasteiger partial charge is 0.350 e. The van der Waals surface area contributed by atoms with E-state index in [1.807, 2.05) is 35.0 Å². The molecule has 1 heterocycles. The highest BCUT2D eigenvalue weighted by Crippen LogP contribution is 2.30. The molecule has 0 saturated carbocycles. The second kappa shape index (κ2) is 10.7. The zero-order valence-corrected chi connectivity index (χ0v) is 19.4. The summed E-state index contributed by atoms with van der Waals surface area (Å²) in [5, 5.41) is 6.96. The maximum Gasteiger partial charge on any atom is 0.257 e. The Hall–Kier alpha value is -3.36. The van der Waals surface area contributed by atoms with Crippen LogP contribution in [0.2, 0.25) is 5.02 Å². The Kier molecular flexibility index (Phi) is 7.49. The minimum absolute atomic E-state index is 0.150. The van der Waals surface area contributed by atoms with E-state index in [0.29, 0.717) is 17.3 Å². The van der Waals surface area contributed by atoms with E-state index in [9.17, 15) is 18.4 Å². The molecule has 1 aromatic heterocycles. The summed E-state index contributed by atoms with van der Waals surface area (Å²) in [6.45, 7) is 0.562. The number of hydrogen-bond donors (Lipinski definition) is 2. The van der Waals surface area contributed by atoms with Crippen molar-refractivity contribution in [1.29, 1.82) is 0 Å². The van der Waals surface area contributed by atoms with E-state index >= 15 is 0 Å². The number of thioether (sulfide) groups is 1. The monoisotopic (exact) mass is 499 g/mol. The summed E-state index contributed by atoms with van der Waals surface area (Å²) in [6, 6.07) is 17.9. The molecule has 0 saturated heterocycles. The smallest absolute Gasteiger partial charge is 0.257 e. The van der Waals surface area contributed by atoms with Crippen LogP contribution in [0.1, 0.15) is 10.4 Å². The van der Waals surface area contributed by atoms with Gasteiger partial charge in [0.15, 0.2) is 0 Å². The number of carbonyl (C=O) groups excluding carboxylic acids is 2. The first-order chi connectivity index (χ1) is 16.4. The highest BCUT2D eigenvalue weighted by Gasteiger charge is 2.17. The predicted molar refractivity (Wildman–Crippen MR) is 131 cm³/mol. The molecule has 4 aromatic rings. The predicted octanol–water partition coefficient (Wildman–Crippen LogP) is 5.73. The molecule has 0 spiro atoms. The van der Waals surface area contributed by atoms with Crippen LogP contribution in [0.3, 0.4) is 0 Å². The fraction of sp³-hybridized carbons (Fsp3) is 0.120. The molecule has 2 amide bonds. The second-order valence-electron chi connectivity index (χ2n) is 7.40. The van der Waals surface area contributed by atoms with E-state index in [2.05, 4.69) is 10.6 Å². The van der Waals surface area contributed by atoms with Crippen molar-refractivity contribution in [2.45, 2.75) is 11.4 Å². The molecule has 0 aliphatic heterocycles. The molecule has 0 bridgehead atoms. The van der Waals surface area contributed by atoms with Crippen LogP contribution >= 0.6 is 23.4 Å². The fourth-order valence-corrected chi connectivity index (χ4v) is 4.49. The van der Waals surface area contributed by atoms with Crippen LogP contribution in [-0.2, 0) is 11.3 Å². The van der Waals surface area contributed by atoms with Crippen LogP contribution in [0.5, 0.6) is 0 Å². The lowest BCUT2D eigenvalue weighted by Gasteiger charge is -2.09. The van der Waals surface area contributed by atoms with Gasteiger partial charge < -0.3 is 15.2 Å². The summed E-state index contributed by atoms with van der Waals surface area (Å²) in [4.78, 5) is 25.5. The molecule has 0 radical (unpaired) electrons. The Bertz CT molecular complexity index is 1320. The summed E-state index contributed by atoms with van der Waals surface area (Å²) in [5.74, 6) is -2.55. The number of anilines is 1. The Morgan fingerprint density at radius 3 is 2.38 bits per heavy atom. The molecule has 3 aromatic carbocycles. The molecule has 5 nitrogen and oxygen atoms in total. The number of nitrogens with zero attached hydrogens (tertiary/aromatic N) is 1. The lowest BCUT2D eigenvalue weighted by Crippen LogP contribution is -2.28. The van der Waals surface area contributed by atoms with Gasteiger partial charge in [-0.1, -0.05) is 35.9 Å². The van der Waals surface area contributed by atoms with E-state index in [4.69, 9.17) is 11.6 Å². The van der Waals surface area contributed by atoms with E-state index in [1.54, 1.807) is 24.3 Å². The Morgan fingerprint density at radius 1 is 0.941 bits per heavy atom. The van der Waals surface area contributed by atoms with Crippen LogP contribution in [0, 0.1) is 11.6 Å². The first-order valence-electron chi connectivity index (χ1n) is 10.4. The third kappa shape index (κ3) is 5.58. The minimum atomic E-state index is -0.903. The molecule has 174 valence electrons. The number of hydrogen-bond acceptors (Lipinski definition) is 3. The van der Waals surface area contributed by atoms with Crippen molar-refractivity contribution >= 4 is 51.8 Å². The molecule has 34 heavy (non-hydrogen) atoms. The number of halogens is 3. The van der Waals surface area contributed by atoms with Gasteiger partial charge in [0, 0.05) is 45.8 Å². The van der Waals surface area contributed by atoms with Crippen LogP contribution in [0.25, 0.3) is 10.9 Å². The zero-order valence-electron chi connectivity index (χ0n) is 17.9. The number of carbonyl (C=O) groups is 2. The SMILES string of the molecule is O=C(CSc1cn(CCNC(=O)c2c(F)cccc2F)c2ccccc12)Nc1ccc(Cl)cc1. The van der Waals surface area contributed by atoms with Crippen molar-refractivity contribution in [2.24, 2.45) is 0 Å². The van der Waals surface area contributed by atoms with Gasteiger partial charge in [0.1, 0.15) is 17.2 Å². The van der Waals surface area contributed by atoms with E-state index in [0.717, 1.165) is 27.9 Å². The highest BCUT2D eigenvalue weighted by molar-refractivity contribution is 8.00. The van der Waals surface area contributed by atoms with Crippen molar-refractivity contribution in [3.8, 4) is 0 Å². The highest BCUT2D eigenvalue weighted by atomic mass is 35.5. The van der Waals surface area contributed by atoms with Gasteiger partial charge in [-0.3, -0.25) is 9.59 Å². The number of amides is 2. The van der Waals surface area contributed by atoms with Gasteiger partial charge in [0.2, 0.25) is 5.91 Å². The fourth-order valence-electron chi connectivity index (χ4n) is 3.48. The topological polar surface area (TPSA) is 63.1 Å². The second-order valence-corrected chi connectivity index (χ2v) is 8.85. The first-order valence-corrected chi connectivity index (χ1v) is 11.8. The Labute approximate surface area is 204 Å². The van der Waals surface area contributed by atoms with Gasteiger partial charge in [-0.25, -0.2) is 8.78 Å². The third-order valence-electron chi connectivity index (χ3n) is 5.07. The number of rotatable bonds is 8. The lowest BCUT2D eigenvalue weighted by atomic mass is 10.2. The molecule has 2 N–H and O–H groups in total. The van der Waals surface area contributed by atoms with Crippen molar-refractivity contribution < 1.29 is 18.4 Å². The minimum Gasteiger partial charge on any atom is -0.350 e. The molecular formula is C25H20ClF2N3O2S. The molecule has 0 unspecified atom stereocenters. The van der Waals surface area contributed by atoms with Crippen LogP contribution in [0.4, 0.5) is 14.5 Å². The van der Waals surface area contributed by atoms with E-state index in [1.165, 1.54) is 17.8 Å².